The third-order valence-corrected chi connectivity index (χ3v) is 8.33. The molecule has 0 bridgehead atoms. The molecule has 1 heteroatoms. The van der Waals surface area contributed by atoms with Gasteiger partial charge in [0.05, 0.1) is 0 Å². The molecular weight excluding hydrogens is 530 g/mol. The molecule has 7 aromatic rings. The lowest BCUT2D eigenvalue weighted by atomic mass is 9.94. The van der Waals surface area contributed by atoms with E-state index in [0.717, 1.165) is 0 Å². The van der Waals surface area contributed by atoms with Crippen molar-refractivity contribution < 1.29 is 0 Å². The summed E-state index contributed by atoms with van der Waals surface area (Å²) >= 11 is 0. The van der Waals surface area contributed by atoms with Gasteiger partial charge in [0.1, 0.15) is 0 Å². The average molecular weight is 566 g/mol. The van der Waals surface area contributed by atoms with E-state index < -0.39 is 0 Å². The van der Waals surface area contributed by atoms with Crippen LogP contribution in [0.2, 0.25) is 0 Å². The largest absolute Gasteiger partial charge is 0.338 e. The lowest BCUT2D eigenvalue weighted by molar-refractivity contribution is 0.642. The van der Waals surface area contributed by atoms with Crippen molar-refractivity contribution in [1.29, 1.82) is 0 Å². The van der Waals surface area contributed by atoms with Crippen LogP contribution >= 0.6 is 0 Å². The molecule has 0 unspecified atom stereocenters. The van der Waals surface area contributed by atoms with Crippen molar-refractivity contribution in [3.63, 3.8) is 0 Å². The fraction of sp³-hybridized carbons (Fsp3) is 0.0698. The van der Waals surface area contributed by atoms with Gasteiger partial charge in [-0.05, 0) is 94.8 Å². The smallest absolute Gasteiger partial charge is 0.0494 e. The molecule has 0 aliphatic rings. The van der Waals surface area contributed by atoms with Gasteiger partial charge in [-0.3, -0.25) is 0 Å². The number of benzene rings is 6. The Morgan fingerprint density at radius 3 is 1.05 bits per heavy atom. The highest BCUT2D eigenvalue weighted by Gasteiger charge is 2.15. The summed E-state index contributed by atoms with van der Waals surface area (Å²) in [7, 11) is 0. The molecule has 0 saturated carbocycles. The molecule has 44 heavy (non-hydrogen) atoms. The van der Waals surface area contributed by atoms with E-state index in [-0.39, 0.29) is 0 Å². The van der Waals surface area contributed by atoms with Crippen molar-refractivity contribution in [1.82, 2.24) is 4.57 Å². The molecule has 0 N–H and O–H groups in total. The molecule has 0 aliphatic heterocycles. The van der Waals surface area contributed by atoms with Crippen molar-refractivity contribution >= 4 is 45.1 Å². The molecule has 1 aromatic heterocycles. The van der Waals surface area contributed by atoms with Gasteiger partial charge in [0.2, 0.25) is 0 Å². The Hall–Kier alpha value is -5.40. The van der Waals surface area contributed by atoms with Crippen LogP contribution < -0.4 is 0 Å². The third kappa shape index (κ3) is 5.41. The molecule has 212 valence electrons. The van der Waals surface area contributed by atoms with E-state index in [2.05, 4.69) is 188 Å². The molecular formula is C43H35N. The van der Waals surface area contributed by atoms with Gasteiger partial charge in [0.15, 0.2) is 0 Å². The van der Waals surface area contributed by atoms with E-state index in [1.165, 1.54) is 66.3 Å². The predicted octanol–water partition coefficient (Wildman–Crippen LogP) is 11.6. The maximum atomic E-state index is 2.47. The number of aromatic nitrogens is 1. The lowest BCUT2D eigenvalue weighted by Crippen LogP contribution is -1.99. The van der Waals surface area contributed by atoms with Gasteiger partial charge in [0.25, 0.3) is 0 Å². The zero-order chi connectivity index (χ0) is 29.9. The number of fused-ring (bicyclic) bond motifs is 3. The van der Waals surface area contributed by atoms with Gasteiger partial charge < -0.3 is 4.57 Å². The first-order valence-electron chi connectivity index (χ1n) is 15.4. The van der Waals surface area contributed by atoms with Crippen LogP contribution in [-0.4, -0.2) is 4.57 Å². The fourth-order valence-electron chi connectivity index (χ4n) is 6.30. The SMILES string of the molecule is CC(C)n1c2ccc(C=C(c3ccccc3)c3ccccc3)cc2c2cc(C=C(c3ccccc3)c3ccccc3)ccc21. The maximum Gasteiger partial charge on any atom is 0.0494 e. The van der Waals surface area contributed by atoms with Crippen LogP contribution in [0.5, 0.6) is 0 Å². The van der Waals surface area contributed by atoms with Crippen LogP contribution in [-0.2, 0) is 0 Å². The summed E-state index contributed by atoms with van der Waals surface area (Å²) < 4.78 is 2.47. The van der Waals surface area contributed by atoms with E-state index in [1.807, 2.05) is 0 Å². The minimum absolute atomic E-state index is 0.339. The Kier molecular flexibility index (Phi) is 7.53. The van der Waals surface area contributed by atoms with Crippen LogP contribution in [0.3, 0.4) is 0 Å². The second kappa shape index (κ2) is 12.1. The van der Waals surface area contributed by atoms with E-state index in [1.54, 1.807) is 0 Å². The highest BCUT2D eigenvalue weighted by molar-refractivity contribution is 6.10. The van der Waals surface area contributed by atoms with E-state index in [0.29, 0.717) is 6.04 Å². The highest BCUT2D eigenvalue weighted by atomic mass is 15.0. The van der Waals surface area contributed by atoms with Crippen LogP contribution in [0.15, 0.2) is 158 Å². The van der Waals surface area contributed by atoms with E-state index >= 15 is 0 Å². The summed E-state index contributed by atoms with van der Waals surface area (Å²) in [5.74, 6) is 0. The van der Waals surface area contributed by atoms with Gasteiger partial charge in [-0.15, -0.1) is 0 Å². The van der Waals surface area contributed by atoms with Gasteiger partial charge in [-0.1, -0.05) is 133 Å². The molecule has 0 fully saturated rings. The molecule has 0 spiro atoms. The topological polar surface area (TPSA) is 4.93 Å². The predicted molar refractivity (Wildman–Crippen MR) is 190 cm³/mol. The zero-order valence-electron chi connectivity index (χ0n) is 25.2. The Balaban J connectivity index is 1.42. The lowest BCUT2D eigenvalue weighted by Gasteiger charge is -2.12. The molecule has 0 saturated heterocycles. The molecule has 1 nitrogen and oxygen atoms in total. The molecule has 0 atom stereocenters. The highest BCUT2D eigenvalue weighted by Crippen LogP contribution is 2.36. The van der Waals surface area contributed by atoms with E-state index in [9.17, 15) is 0 Å². The second-order valence-corrected chi connectivity index (χ2v) is 11.6. The van der Waals surface area contributed by atoms with Gasteiger partial charge in [-0.2, -0.15) is 0 Å². The van der Waals surface area contributed by atoms with Crippen LogP contribution in [0, 0.1) is 0 Å². The third-order valence-electron chi connectivity index (χ3n) is 8.33. The first-order valence-corrected chi connectivity index (χ1v) is 15.4. The van der Waals surface area contributed by atoms with Crippen molar-refractivity contribution in [2.45, 2.75) is 19.9 Å². The monoisotopic (exact) mass is 565 g/mol. The van der Waals surface area contributed by atoms with Gasteiger partial charge in [0, 0.05) is 27.8 Å². The Bertz CT molecular complexity index is 1860. The normalized spacial score (nSPS) is 11.2. The average Bonchev–Trinajstić information content (AvgIpc) is 3.41. The van der Waals surface area contributed by atoms with Crippen molar-refractivity contribution in [2.75, 3.05) is 0 Å². The molecule has 1 heterocycles. The summed E-state index contributed by atoms with van der Waals surface area (Å²) in [5.41, 5.74) is 12.2. The minimum atomic E-state index is 0.339. The maximum absolute atomic E-state index is 2.47. The van der Waals surface area contributed by atoms with Crippen molar-refractivity contribution in [3.05, 3.63) is 191 Å². The molecule has 0 amide bonds. The minimum Gasteiger partial charge on any atom is -0.338 e. The van der Waals surface area contributed by atoms with Crippen LogP contribution in [0.25, 0.3) is 45.1 Å². The number of hydrogen-bond acceptors (Lipinski definition) is 0. The standard InChI is InChI=1S/C43H35N/c1-31(2)44-42-25-23-32(27-38(34-15-7-3-8-16-34)35-17-9-4-10-18-35)29-40(42)41-30-33(24-26-43(41)44)28-39(36-19-11-5-12-20-36)37-21-13-6-14-22-37/h3-31H,1-2H3. The molecule has 0 aliphatic carbocycles. The summed E-state index contributed by atoms with van der Waals surface area (Å²) in [6.07, 6.45) is 4.66. The zero-order valence-corrected chi connectivity index (χ0v) is 25.2. The first-order chi connectivity index (χ1) is 21.7. The molecule has 0 radical (unpaired) electrons. The first kappa shape index (κ1) is 27.4. The fourth-order valence-corrected chi connectivity index (χ4v) is 6.30. The summed E-state index contributed by atoms with van der Waals surface area (Å²) in [4.78, 5) is 0. The summed E-state index contributed by atoms with van der Waals surface area (Å²) in [6, 6.07) is 56.9. The van der Waals surface area contributed by atoms with Gasteiger partial charge in [-0.25, -0.2) is 0 Å². The van der Waals surface area contributed by atoms with Crippen LogP contribution in [0.4, 0.5) is 0 Å². The van der Waals surface area contributed by atoms with Crippen molar-refractivity contribution in [2.24, 2.45) is 0 Å². The number of hydrogen-bond donors (Lipinski definition) is 0. The Labute approximate surface area is 260 Å². The van der Waals surface area contributed by atoms with E-state index in [4.69, 9.17) is 0 Å². The number of nitrogens with zero attached hydrogens (tertiary/aromatic N) is 1. The second-order valence-electron chi connectivity index (χ2n) is 11.6. The summed E-state index contributed by atoms with van der Waals surface area (Å²) in [6.45, 7) is 4.54. The van der Waals surface area contributed by atoms with Gasteiger partial charge >= 0.3 is 0 Å². The quantitative estimate of drug-likeness (QED) is 0.169. The summed E-state index contributed by atoms with van der Waals surface area (Å²) in [5, 5.41) is 2.55. The van der Waals surface area contributed by atoms with Crippen molar-refractivity contribution in [3.8, 4) is 0 Å². The molecule has 7 rings (SSSR count). The Morgan fingerprint density at radius 2 is 0.750 bits per heavy atom. The van der Waals surface area contributed by atoms with Crippen LogP contribution in [0.1, 0.15) is 53.3 Å². The Morgan fingerprint density at radius 1 is 0.432 bits per heavy atom. The number of rotatable bonds is 7. The molecule has 6 aromatic carbocycles.